The van der Waals surface area contributed by atoms with Crippen molar-refractivity contribution in [2.75, 3.05) is 0 Å². The van der Waals surface area contributed by atoms with Crippen LogP contribution in [0.3, 0.4) is 0 Å². The van der Waals surface area contributed by atoms with E-state index in [9.17, 15) is 4.79 Å². The summed E-state index contributed by atoms with van der Waals surface area (Å²) in [5.74, 6) is 0.304. The largest absolute Gasteiger partial charge is 0.273 e. The lowest BCUT2D eigenvalue weighted by molar-refractivity contribution is -0.121. The predicted molar refractivity (Wildman–Crippen MR) is 80.3 cm³/mol. The predicted octanol–water partition coefficient (Wildman–Crippen LogP) is 3.48. The van der Waals surface area contributed by atoms with Crippen LogP contribution in [0.1, 0.15) is 52.2 Å². The third-order valence-corrected chi connectivity index (χ3v) is 2.77. The van der Waals surface area contributed by atoms with Crippen LogP contribution in [0.2, 0.25) is 0 Å². The molecule has 0 heterocycles. The van der Waals surface area contributed by atoms with E-state index in [2.05, 4.69) is 43.4 Å². The number of carbonyl (C=O) groups is 1. The molecule has 0 unspecified atom stereocenters. The molecule has 0 aromatic heterocycles. The lowest BCUT2D eigenvalue weighted by Crippen LogP contribution is -2.19. The highest BCUT2D eigenvalue weighted by Crippen LogP contribution is 2.21. The summed E-state index contributed by atoms with van der Waals surface area (Å²) in [6.45, 7) is 10.6. The Morgan fingerprint density at radius 2 is 1.84 bits per heavy atom. The summed E-state index contributed by atoms with van der Waals surface area (Å²) in [6.07, 6.45) is 2.17. The van der Waals surface area contributed by atoms with E-state index in [0.717, 1.165) is 5.56 Å². The van der Waals surface area contributed by atoms with Crippen LogP contribution in [0.5, 0.6) is 0 Å². The zero-order chi connectivity index (χ0) is 14.5. The first-order valence-electron chi connectivity index (χ1n) is 6.71. The first kappa shape index (κ1) is 15.4. The molecule has 104 valence electrons. The highest BCUT2D eigenvalue weighted by molar-refractivity contribution is 5.82. The van der Waals surface area contributed by atoms with Gasteiger partial charge in [0.1, 0.15) is 0 Å². The SMILES string of the molecule is CC(C)CC(=O)N/N=C\c1ccc(C(C)(C)C)cc1. The number of nitrogens with one attached hydrogen (secondary N) is 1. The third kappa shape index (κ3) is 5.69. The molecule has 0 saturated carbocycles. The maximum absolute atomic E-state index is 11.4. The van der Waals surface area contributed by atoms with Gasteiger partial charge in [0, 0.05) is 6.42 Å². The van der Waals surface area contributed by atoms with Crippen LogP contribution in [-0.4, -0.2) is 12.1 Å². The summed E-state index contributed by atoms with van der Waals surface area (Å²) in [5.41, 5.74) is 4.96. The van der Waals surface area contributed by atoms with Gasteiger partial charge in [-0.25, -0.2) is 5.43 Å². The number of hydrogen-bond acceptors (Lipinski definition) is 2. The zero-order valence-electron chi connectivity index (χ0n) is 12.5. The molecule has 0 aliphatic carbocycles. The molecule has 3 nitrogen and oxygen atoms in total. The summed E-state index contributed by atoms with van der Waals surface area (Å²) in [4.78, 5) is 11.4. The number of hydrogen-bond donors (Lipinski definition) is 1. The number of carbonyl (C=O) groups excluding carboxylic acids is 1. The first-order chi connectivity index (χ1) is 8.79. The van der Waals surface area contributed by atoms with Gasteiger partial charge in [-0.1, -0.05) is 58.9 Å². The Morgan fingerprint density at radius 3 is 2.32 bits per heavy atom. The van der Waals surface area contributed by atoms with Crippen molar-refractivity contribution in [1.82, 2.24) is 5.43 Å². The second kappa shape index (κ2) is 6.50. The Morgan fingerprint density at radius 1 is 1.26 bits per heavy atom. The molecule has 0 atom stereocenters. The van der Waals surface area contributed by atoms with E-state index in [0.29, 0.717) is 12.3 Å². The van der Waals surface area contributed by atoms with Gasteiger partial charge in [-0.3, -0.25) is 4.79 Å². The Kier molecular flexibility index (Phi) is 5.28. The second-order valence-electron chi connectivity index (χ2n) is 6.26. The monoisotopic (exact) mass is 260 g/mol. The molecule has 1 aromatic carbocycles. The smallest absolute Gasteiger partial charge is 0.240 e. The molecule has 0 fully saturated rings. The summed E-state index contributed by atoms with van der Waals surface area (Å²) in [5, 5.41) is 3.96. The summed E-state index contributed by atoms with van der Waals surface area (Å²) >= 11 is 0. The van der Waals surface area contributed by atoms with E-state index in [-0.39, 0.29) is 11.3 Å². The van der Waals surface area contributed by atoms with Crippen LogP contribution >= 0.6 is 0 Å². The van der Waals surface area contributed by atoms with Gasteiger partial charge in [0.15, 0.2) is 0 Å². The summed E-state index contributed by atoms with van der Waals surface area (Å²) in [7, 11) is 0. The molecular weight excluding hydrogens is 236 g/mol. The first-order valence-corrected chi connectivity index (χ1v) is 6.71. The van der Waals surface area contributed by atoms with E-state index in [1.54, 1.807) is 6.21 Å². The molecule has 3 heteroatoms. The van der Waals surface area contributed by atoms with Crippen LogP contribution in [0.15, 0.2) is 29.4 Å². The van der Waals surface area contributed by atoms with Crippen molar-refractivity contribution >= 4 is 12.1 Å². The number of hydrazone groups is 1. The number of nitrogens with zero attached hydrogens (tertiary/aromatic N) is 1. The topological polar surface area (TPSA) is 41.5 Å². The Balaban J connectivity index is 2.56. The van der Waals surface area contributed by atoms with Crippen molar-refractivity contribution in [2.24, 2.45) is 11.0 Å². The minimum atomic E-state index is -0.0439. The van der Waals surface area contributed by atoms with Gasteiger partial charge in [0.25, 0.3) is 0 Å². The quantitative estimate of drug-likeness (QED) is 0.653. The van der Waals surface area contributed by atoms with Crippen LogP contribution in [0.25, 0.3) is 0 Å². The fraction of sp³-hybridized carbons (Fsp3) is 0.500. The molecule has 0 spiro atoms. The molecule has 1 N–H and O–H groups in total. The minimum Gasteiger partial charge on any atom is -0.273 e. The van der Waals surface area contributed by atoms with Gasteiger partial charge >= 0.3 is 0 Å². The molecule has 1 amide bonds. The van der Waals surface area contributed by atoms with Gasteiger partial charge in [-0.2, -0.15) is 5.10 Å². The molecule has 0 bridgehead atoms. The highest BCUT2D eigenvalue weighted by Gasteiger charge is 2.12. The van der Waals surface area contributed by atoms with E-state index < -0.39 is 0 Å². The van der Waals surface area contributed by atoms with E-state index >= 15 is 0 Å². The molecule has 1 aromatic rings. The van der Waals surface area contributed by atoms with Gasteiger partial charge in [0.05, 0.1) is 6.21 Å². The lowest BCUT2D eigenvalue weighted by Gasteiger charge is -2.18. The standard InChI is InChI=1S/C16H24N2O/c1-12(2)10-15(19)18-17-11-13-6-8-14(9-7-13)16(3,4)5/h6-9,11-12H,10H2,1-5H3,(H,18,19)/b17-11-. The van der Waals surface area contributed by atoms with E-state index in [4.69, 9.17) is 0 Å². The summed E-state index contributed by atoms with van der Waals surface area (Å²) in [6, 6.07) is 8.21. The molecule has 0 aliphatic heterocycles. The van der Waals surface area contributed by atoms with Crippen molar-refractivity contribution in [3.05, 3.63) is 35.4 Å². The average Bonchev–Trinajstić information content (AvgIpc) is 2.27. The highest BCUT2D eigenvalue weighted by atomic mass is 16.2. The van der Waals surface area contributed by atoms with Crippen LogP contribution in [0.4, 0.5) is 0 Å². The molecule has 0 aliphatic rings. The Bertz CT molecular complexity index is 439. The van der Waals surface area contributed by atoms with Crippen molar-refractivity contribution in [3.63, 3.8) is 0 Å². The van der Waals surface area contributed by atoms with Gasteiger partial charge in [-0.05, 0) is 22.5 Å². The zero-order valence-corrected chi connectivity index (χ0v) is 12.5. The van der Waals surface area contributed by atoms with Crippen LogP contribution < -0.4 is 5.43 Å². The van der Waals surface area contributed by atoms with Crippen LogP contribution in [-0.2, 0) is 10.2 Å². The molecule has 1 rings (SSSR count). The maximum atomic E-state index is 11.4. The van der Waals surface area contributed by atoms with Crippen molar-refractivity contribution in [3.8, 4) is 0 Å². The van der Waals surface area contributed by atoms with Gasteiger partial charge < -0.3 is 0 Å². The molecular formula is C16H24N2O. The maximum Gasteiger partial charge on any atom is 0.240 e. The second-order valence-corrected chi connectivity index (χ2v) is 6.26. The molecule has 19 heavy (non-hydrogen) atoms. The van der Waals surface area contributed by atoms with E-state index in [1.165, 1.54) is 5.56 Å². The fourth-order valence-corrected chi connectivity index (χ4v) is 1.66. The number of benzene rings is 1. The van der Waals surface area contributed by atoms with Crippen molar-refractivity contribution in [1.29, 1.82) is 0 Å². The van der Waals surface area contributed by atoms with E-state index in [1.807, 2.05) is 26.0 Å². The Labute approximate surface area is 116 Å². The van der Waals surface area contributed by atoms with Crippen LogP contribution in [0, 0.1) is 5.92 Å². The number of rotatable bonds is 4. The fourth-order valence-electron chi connectivity index (χ4n) is 1.66. The normalized spacial score (nSPS) is 12.1. The third-order valence-electron chi connectivity index (χ3n) is 2.77. The van der Waals surface area contributed by atoms with Crippen molar-refractivity contribution < 1.29 is 4.79 Å². The minimum absolute atomic E-state index is 0.0439. The van der Waals surface area contributed by atoms with Gasteiger partial charge in [-0.15, -0.1) is 0 Å². The lowest BCUT2D eigenvalue weighted by atomic mass is 9.87. The van der Waals surface area contributed by atoms with Crippen molar-refractivity contribution in [2.45, 2.75) is 46.5 Å². The average molecular weight is 260 g/mol. The Hall–Kier alpha value is -1.64. The number of amides is 1. The molecule has 0 saturated heterocycles. The molecule has 0 radical (unpaired) electrons. The summed E-state index contributed by atoms with van der Waals surface area (Å²) < 4.78 is 0. The van der Waals surface area contributed by atoms with Gasteiger partial charge in [0.2, 0.25) is 5.91 Å².